The van der Waals surface area contributed by atoms with Crippen molar-refractivity contribution in [3.8, 4) is 33.4 Å². The Balaban J connectivity index is 1.06. The van der Waals surface area contributed by atoms with Crippen molar-refractivity contribution in [3.63, 3.8) is 0 Å². The summed E-state index contributed by atoms with van der Waals surface area (Å²) in [5.74, 6) is 0. The molecule has 0 aliphatic rings. The molecule has 0 saturated carbocycles. The Morgan fingerprint density at radius 2 is 0.704 bits per heavy atom. The van der Waals surface area contributed by atoms with E-state index in [1.165, 1.54) is 117 Å². The van der Waals surface area contributed by atoms with Gasteiger partial charge in [0.05, 0.1) is 0 Å². The van der Waals surface area contributed by atoms with E-state index in [1.807, 2.05) is 22.7 Å². The summed E-state index contributed by atoms with van der Waals surface area (Å²) in [6.07, 6.45) is 0. The van der Waals surface area contributed by atoms with Crippen LogP contribution in [0.4, 0.5) is 0 Å². The molecule has 0 N–H and O–H groups in total. The fourth-order valence-electron chi connectivity index (χ4n) is 9.01. The molecule has 0 saturated heterocycles. The highest BCUT2D eigenvalue weighted by Gasteiger charge is 2.19. The molecule has 0 radical (unpaired) electrons. The molecule has 0 atom stereocenters. The molecule has 250 valence electrons. The number of hydrogen-bond donors (Lipinski definition) is 0. The van der Waals surface area contributed by atoms with Crippen LogP contribution in [0.1, 0.15) is 0 Å². The van der Waals surface area contributed by atoms with Crippen molar-refractivity contribution in [2.75, 3.05) is 0 Å². The maximum atomic E-state index is 2.43. The third-order valence-electron chi connectivity index (χ3n) is 11.4. The SMILES string of the molecule is c1ccc(-c2c3ccccc3c(-c3ccc(-c4ccc5sc6cc7cc8c(cc7cc6c5c4)sc4ccccc48)c4ccccc34)c3ccccc23)cc1. The number of fused-ring (bicyclic) bond motifs is 10. The average Bonchev–Trinajstić information content (AvgIpc) is 3.77. The van der Waals surface area contributed by atoms with E-state index in [0.717, 1.165) is 0 Å². The number of hydrogen-bond acceptors (Lipinski definition) is 2. The van der Waals surface area contributed by atoms with Crippen LogP contribution in [-0.4, -0.2) is 0 Å². The van der Waals surface area contributed by atoms with Crippen LogP contribution in [0.3, 0.4) is 0 Å². The molecule has 12 aromatic rings. The molecule has 12 rings (SSSR count). The summed E-state index contributed by atoms with van der Waals surface area (Å²) in [4.78, 5) is 0. The molecule has 2 aromatic heterocycles. The average molecular weight is 719 g/mol. The third kappa shape index (κ3) is 4.42. The van der Waals surface area contributed by atoms with E-state index in [2.05, 4.69) is 182 Å². The Bertz CT molecular complexity index is 3430. The molecular weight excluding hydrogens is 689 g/mol. The zero-order chi connectivity index (χ0) is 35.3. The third-order valence-corrected chi connectivity index (χ3v) is 13.7. The predicted octanol–water partition coefficient (Wildman–Crippen LogP) is 16.0. The molecule has 0 spiro atoms. The number of rotatable bonds is 3. The highest BCUT2D eigenvalue weighted by Crippen LogP contribution is 2.47. The van der Waals surface area contributed by atoms with E-state index in [-0.39, 0.29) is 0 Å². The van der Waals surface area contributed by atoms with Gasteiger partial charge < -0.3 is 0 Å². The Hall–Kier alpha value is -6.32. The lowest BCUT2D eigenvalue weighted by molar-refractivity contribution is 1.66. The number of benzene rings is 10. The predicted molar refractivity (Wildman–Crippen MR) is 239 cm³/mol. The van der Waals surface area contributed by atoms with Gasteiger partial charge in [0, 0.05) is 40.3 Å². The largest absolute Gasteiger partial charge is 0.135 e. The molecule has 0 bridgehead atoms. The second-order valence-corrected chi connectivity index (χ2v) is 16.5. The standard InChI is InChI=1S/C52H30S2/c1-2-12-31(13-3-1)51-39-17-6-8-19-41(39)52(42-20-9-7-18-40(42)51)43-24-23-35(36-14-4-5-15-37(36)43)32-22-25-48-45(26-32)46-28-34-29-49-44(27-33(34)30-50(46)54-48)38-16-10-11-21-47(38)53-49/h1-30H. The minimum atomic E-state index is 1.24. The Labute approximate surface area is 319 Å². The quantitative estimate of drug-likeness (QED) is 0.160. The highest BCUT2D eigenvalue weighted by molar-refractivity contribution is 7.26. The molecule has 0 aliphatic heterocycles. The summed E-state index contributed by atoms with van der Waals surface area (Å²) in [5.41, 5.74) is 7.61. The molecule has 10 aromatic carbocycles. The Kier molecular flexibility index (Phi) is 6.48. The van der Waals surface area contributed by atoms with E-state index < -0.39 is 0 Å². The Morgan fingerprint density at radius 3 is 1.35 bits per heavy atom. The second kappa shape index (κ2) is 11.6. The smallest absolute Gasteiger partial charge is 0.0361 e. The molecule has 0 nitrogen and oxygen atoms in total. The van der Waals surface area contributed by atoms with Gasteiger partial charge in [0.15, 0.2) is 0 Å². The monoisotopic (exact) mass is 718 g/mol. The molecule has 2 heteroatoms. The maximum absolute atomic E-state index is 2.43. The van der Waals surface area contributed by atoms with Crippen molar-refractivity contribution in [3.05, 3.63) is 182 Å². The maximum Gasteiger partial charge on any atom is 0.0361 e. The normalized spacial score (nSPS) is 12.1. The first kappa shape index (κ1) is 30.2. The van der Waals surface area contributed by atoms with Crippen molar-refractivity contribution in [2.24, 2.45) is 0 Å². The molecular formula is C52H30S2. The van der Waals surface area contributed by atoms with E-state index in [1.54, 1.807) is 0 Å². The van der Waals surface area contributed by atoms with Crippen LogP contribution in [0, 0.1) is 0 Å². The molecule has 54 heavy (non-hydrogen) atoms. The first-order chi connectivity index (χ1) is 26.8. The summed E-state index contributed by atoms with van der Waals surface area (Å²) < 4.78 is 5.37. The van der Waals surface area contributed by atoms with Crippen LogP contribution in [0.15, 0.2) is 182 Å². The van der Waals surface area contributed by atoms with Crippen molar-refractivity contribution in [2.45, 2.75) is 0 Å². The van der Waals surface area contributed by atoms with E-state index in [9.17, 15) is 0 Å². The van der Waals surface area contributed by atoms with Crippen LogP contribution >= 0.6 is 22.7 Å². The van der Waals surface area contributed by atoms with Gasteiger partial charge in [-0.15, -0.1) is 22.7 Å². The molecule has 0 fully saturated rings. The number of thiophene rings is 2. The van der Waals surface area contributed by atoms with Crippen LogP contribution in [0.2, 0.25) is 0 Å². The lowest BCUT2D eigenvalue weighted by Gasteiger charge is -2.19. The van der Waals surface area contributed by atoms with Gasteiger partial charge >= 0.3 is 0 Å². The fraction of sp³-hybridized carbons (Fsp3) is 0. The topological polar surface area (TPSA) is 0 Å². The minimum Gasteiger partial charge on any atom is -0.135 e. The first-order valence-corrected chi connectivity index (χ1v) is 20.1. The summed E-state index contributed by atoms with van der Waals surface area (Å²) in [5, 5.41) is 15.6. The van der Waals surface area contributed by atoms with Gasteiger partial charge in [-0.25, -0.2) is 0 Å². The molecule has 0 unspecified atom stereocenters. The lowest BCUT2D eigenvalue weighted by Crippen LogP contribution is -1.92. The van der Waals surface area contributed by atoms with Gasteiger partial charge in [0.1, 0.15) is 0 Å². The fourth-order valence-corrected chi connectivity index (χ4v) is 11.3. The molecule has 2 heterocycles. The van der Waals surface area contributed by atoms with Gasteiger partial charge in [0.2, 0.25) is 0 Å². The van der Waals surface area contributed by atoms with Crippen LogP contribution in [-0.2, 0) is 0 Å². The zero-order valence-electron chi connectivity index (χ0n) is 29.1. The van der Waals surface area contributed by atoms with Crippen LogP contribution in [0.5, 0.6) is 0 Å². The van der Waals surface area contributed by atoms with Crippen LogP contribution in [0.25, 0.3) is 117 Å². The summed E-state index contributed by atoms with van der Waals surface area (Å²) in [6.45, 7) is 0. The van der Waals surface area contributed by atoms with Crippen molar-refractivity contribution < 1.29 is 0 Å². The van der Waals surface area contributed by atoms with Crippen molar-refractivity contribution in [1.29, 1.82) is 0 Å². The van der Waals surface area contributed by atoms with Gasteiger partial charge in [-0.1, -0.05) is 140 Å². The lowest BCUT2D eigenvalue weighted by atomic mass is 9.84. The van der Waals surface area contributed by atoms with Gasteiger partial charge in [-0.05, 0) is 119 Å². The molecule has 0 aliphatic carbocycles. The van der Waals surface area contributed by atoms with Gasteiger partial charge in [-0.2, -0.15) is 0 Å². The second-order valence-electron chi connectivity index (χ2n) is 14.4. The van der Waals surface area contributed by atoms with E-state index >= 15 is 0 Å². The first-order valence-electron chi connectivity index (χ1n) is 18.5. The van der Waals surface area contributed by atoms with Gasteiger partial charge in [-0.3, -0.25) is 0 Å². The highest BCUT2D eigenvalue weighted by atomic mass is 32.1. The van der Waals surface area contributed by atoms with Gasteiger partial charge in [0.25, 0.3) is 0 Å². The summed E-state index contributed by atoms with van der Waals surface area (Å²) in [7, 11) is 0. The zero-order valence-corrected chi connectivity index (χ0v) is 30.8. The van der Waals surface area contributed by atoms with Crippen LogP contribution < -0.4 is 0 Å². The van der Waals surface area contributed by atoms with Crippen molar-refractivity contribution >= 4 is 106 Å². The summed E-state index contributed by atoms with van der Waals surface area (Å²) >= 11 is 3.79. The summed E-state index contributed by atoms with van der Waals surface area (Å²) in [6, 6.07) is 67.9. The minimum absolute atomic E-state index is 1.24. The van der Waals surface area contributed by atoms with E-state index in [4.69, 9.17) is 0 Å². The van der Waals surface area contributed by atoms with E-state index in [0.29, 0.717) is 0 Å². The Morgan fingerprint density at radius 1 is 0.241 bits per heavy atom. The van der Waals surface area contributed by atoms with Crippen molar-refractivity contribution in [1.82, 2.24) is 0 Å². The molecule has 0 amide bonds.